The first-order chi connectivity index (χ1) is 7.26. The first kappa shape index (κ1) is 9.86. The summed E-state index contributed by atoms with van der Waals surface area (Å²) in [5.41, 5.74) is 2.19. The highest BCUT2D eigenvalue weighted by Gasteiger charge is 2.47. The van der Waals surface area contributed by atoms with Crippen LogP contribution < -0.4 is 0 Å². The molecule has 0 unspecified atom stereocenters. The zero-order valence-electron chi connectivity index (χ0n) is 8.88. The Hall–Kier alpha value is -0.340. The topological polar surface area (TPSA) is 3.24 Å². The molecule has 0 N–H and O–H groups in total. The molecule has 1 aromatic carbocycles. The second-order valence-corrected chi connectivity index (χ2v) is 6.01. The van der Waals surface area contributed by atoms with Crippen LogP contribution in [0.1, 0.15) is 24.8 Å². The second-order valence-electron chi connectivity index (χ2n) is 5.09. The molecule has 1 heterocycles. The minimum Gasteiger partial charge on any atom is -0.299 e. The van der Waals surface area contributed by atoms with E-state index < -0.39 is 0 Å². The summed E-state index contributed by atoms with van der Waals surface area (Å²) in [6, 6.07) is 8.68. The van der Waals surface area contributed by atoms with Crippen molar-refractivity contribution in [1.29, 1.82) is 0 Å². The molecule has 1 aliphatic heterocycles. The maximum Gasteiger partial charge on any atom is 0.0234 e. The second kappa shape index (κ2) is 3.60. The van der Waals surface area contributed by atoms with Crippen LogP contribution in [0.4, 0.5) is 0 Å². The highest BCUT2D eigenvalue weighted by molar-refractivity contribution is 9.10. The van der Waals surface area contributed by atoms with E-state index >= 15 is 0 Å². The summed E-state index contributed by atoms with van der Waals surface area (Å²) in [6.45, 7) is 3.76. The van der Waals surface area contributed by atoms with Crippen molar-refractivity contribution in [2.75, 3.05) is 13.1 Å². The monoisotopic (exact) mass is 265 g/mol. The number of halogens is 1. The van der Waals surface area contributed by atoms with Gasteiger partial charge in [0.05, 0.1) is 0 Å². The van der Waals surface area contributed by atoms with Gasteiger partial charge in [0, 0.05) is 17.6 Å². The number of hydrogen-bond acceptors (Lipinski definition) is 1. The quantitative estimate of drug-likeness (QED) is 0.792. The van der Waals surface area contributed by atoms with Gasteiger partial charge in [-0.3, -0.25) is 4.90 Å². The normalized spacial score (nSPS) is 23.5. The molecule has 1 aromatic rings. The van der Waals surface area contributed by atoms with Crippen LogP contribution in [0.25, 0.3) is 0 Å². The van der Waals surface area contributed by atoms with Crippen molar-refractivity contribution in [3.63, 3.8) is 0 Å². The molecule has 2 heteroatoms. The highest BCUT2D eigenvalue weighted by Crippen LogP contribution is 2.52. The van der Waals surface area contributed by atoms with Gasteiger partial charge in [0.1, 0.15) is 0 Å². The molecule has 2 fully saturated rings. The molecule has 1 saturated carbocycles. The van der Waals surface area contributed by atoms with E-state index in [1.165, 1.54) is 42.4 Å². The van der Waals surface area contributed by atoms with Crippen molar-refractivity contribution in [2.45, 2.75) is 25.8 Å². The SMILES string of the molecule is Brc1cccc(CN2CCC3(CC3)C2)c1. The van der Waals surface area contributed by atoms with Gasteiger partial charge in [-0.05, 0) is 48.9 Å². The van der Waals surface area contributed by atoms with E-state index in [4.69, 9.17) is 0 Å². The third-order valence-corrected chi connectivity index (χ3v) is 4.26. The molecule has 80 valence electrons. The lowest BCUT2D eigenvalue weighted by Gasteiger charge is -2.15. The summed E-state index contributed by atoms with van der Waals surface area (Å²) < 4.78 is 1.19. The fraction of sp³-hybridized carbons (Fsp3) is 0.538. The van der Waals surface area contributed by atoms with Gasteiger partial charge in [0.25, 0.3) is 0 Å². The lowest BCUT2D eigenvalue weighted by Crippen LogP contribution is -2.20. The summed E-state index contributed by atoms with van der Waals surface area (Å²) >= 11 is 3.53. The van der Waals surface area contributed by atoms with Crippen LogP contribution in [0.5, 0.6) is 0 Å². The van der Waals surface area contributed by atoms with Gasteiger partial charge in [-0.2, -0.15) is 0 Å². The Kier molecular flexibility index (Phi) is 2.37. The Morgan fingerprint density at radius 3 is 2.80 bits per heavy atom. The Labute approximate surface area is 99.6 Å². The largest absolute Gasteiger partial charge is 0.299 e. The van der Waals surface area contributed by atoms with Crippen molar-refractivity contribution in [3.8, 4) is 0 Å². The van der Waals surface area contributed by atoms with Gasteiger partial charge in [0.2, 0.25) is 0 Å². The van der Waals surface area contributed by atoms with Gasteiger partial charge in [-0.1, -0.05) is 28.1 Å². The van der Waals surface area contributed by atoms with Crippen LogP contribution in [-0.2, 0) is 6.54 Å². The van der Waals surface area contributed by atoms with Gasteiger partial charge in [-0.15, -0.1) is 0 Å². The van der Waals surface area contributed by atoms with Crippen LogP contribution in [0.15, 0.2) is 28.7 Å². The average molecular weight is 266 g/mol. The summed E-state index contributed by atoms with van der Waals surface area (Å²) in [6.07, 6.45) is 4.38. The van der Waals surface area contributed by atoms with Crippen molar-refractivity contribution >= 4 is 15.9 Å². The fourth-order valence-electron chi connectivity index (χ4n) is 2.64. The molecule has 1 spiro atoms. The molecule has 0 aromatic heterocycles. The van der Waals surface area contributed by atoms with Crippen molar-refractivity contribution in [1.82, 2.24) is 4.90 Å². The summed E-state index contributed by atoms with van der Waals surface area (Å²) in [7, 11) is 0. The first-order valence-corrected chi connectivity index (χ1v) is 6.52. The molecule has 0 radical (unpaired) electrons. The molecule has 2 aliphatic rings. The third-order valence-electron chi connectivity index (χ3n) is 3.77. The Morgan fingerprint density at radius 2 is 2.13 bits per heavy atom. The number of hydrogen-bond donors (Lipinski definition) is 0. The van der Waals surface area contributed by atoms with Crippen LogP contribution in [0.3, 0.4) is 0 Å². The molecule has 0 atom stereocenters. The Morgan fingerprint density at radius 1 is 1.27 bits per heavy atom. The van der Waals surface area contributed by atoms with Crippen molar-refractivity contribution < 1.29 is 0 Å². The molecule has 15 heavy (non-hydrogen) atoms. The third kappa shape index (κ3) is 2.11. The molecular weight excluding hydrogens is 250 g/mol. The zero-order valence-corrected chi connectivity index (χ0v) is 10.5. The van der Waals surface area contributed by atoms with E-state index in [-0.39, 0.29) is 0 Å². The highest BCUT2D eigenvalue weighted by atomic mass is 79.9. The predicted molar refractivity (Wildman–Crippen MR) is 65.7 cm³/mol. The summed E-state index contributed by atoms with van der Waals surface area (Å²) in [5.74, 6) is 0. The van der Waals surface area contributed by atoms with E-state index in [1.807, 2.05) is 0 Å². The van der Waals surface area contributed by atoms with Gasteiger partial charge in [0.15, 0.2) is 0 Å². The Bertz CT molecular complexity index is 371. The van der Waals surface area contributed by atoms with Crippen LogP contribution in [-0.4, -0.2) is 18.0 Å². The standard InChI is InChI=1S/C13H16BrN/c14-12-3-1-2-11(8-12)9-15-7-6-13(10-15)4-5-13/h1-3,8H,4-7,9-10H2. The molecule has 1 saturated heterocycles. The summed E-state index contributed by atoms with van der Waals surface area (Å²) in [5, 5.41) is 0. The minimum atomic E-state index is 0.756. The molecule has 1 nitrogen and oxygen atoms in total. The van der Waals surface area contributed by atoms with Gasteiger partial charge >= 0.3 is 0 Å². The Balaban J connectivity index is 1.66. The van der Waals surface area contributed by atoms with Gasteiger partial charge < -0.3 is 0 Å². The minimum absolute atomic E-state index is 0.756. The van der Waals surface area contributed by atoms with Crippen molar-refractivity contribution in [2.24, 2.45) is 5.41 Å². The maximum absolute atomic E-state index is 3.53. The first-order valence-electron chi connectivity index (χ1n) is 5.73. The van der Waals surface area contributed by atoms with E-state index in [2.05, 4.69) is 45.1 Å². The van der Waals surface area contributed by atoms with Crippen LogP contribution in [0, 0.1) is 5.41 Å². The maximum atomic E-state index is 3.53. The van der Waals surface area contributed by atoms with E-state index in [0.717, 1.165) is 12.0 Å². The lowest BCUT2D eigenvalue weighted by atomic mass is 10.1. The number of benzene rings is 1. The molecule has 1 aliphatic carbocycles. The number of likely N-dealkylation sites (tertiary alicyclic amines) is 1. The van der Waals surface area contributed by atoms with E-state index in [9.17, 15) is 0 Å². The van der Waals surface area contributed by atoms with Gasteiger partial charge in [-0.25, -0.2) is 0 Å². The molecular formula is C13H16BrN. The van der Waals surface area contributed by atoms with Crippen LogP contribution >= 0.6 is 15.9 Å². The van der Waals surface area contributed by atoms with E-state index in [1.54, 1.807) is 0 Å². The lowest BCUT2D eigenvalue weighted by molar-refractivity contribution is 0.312. The van der Waals surface area contributed by atoms with E-state index in [0.29, 0.717) is 0 Å². The summed E-state index contributed by atoms with van der Waals surface area (Å²) in [4.78, 5) is 2.61. The van der Waals surface area contributed by atoms with Crippen LogP contribution in [0.2, 0.25) is 0 Å². The average Bonchev–Trinajstić information content (AvgIpc) is 2.83. The molecule has 0 amide bonds. The molecule has 0 bridgehead atoms. The smallest absolute Gasteiger partial charge is 0.0234 e. The number of rotatable bonds is 2. The predicted octanol–water partition coefficient (Wildman–Crippen LogP) is 3.44. The number of nitrogens with zero attached hydrogens (tertiary/aromatic N) is 1. The molecule has 3 rings (SSSR count). The van der Waals surface area contributed by atoms with Crippen molar-refractivity contribution in [3.05, 3.63) is 34.3 Å². The zero-order chi connectivity index (χ0) is 10.3. The fourth-order valence-corrected chi connectivity index (χ4v) is 3.09.